The summed E-state index contributed by atoms with van der Waals surface area (Å²) in [4.78, 5) is 26.4. The van der Waals surface area contributed by atoms with E-state index in [0.717, 1.165) is 43.0 Å². The third kappa shape index (κ3) is 4.76. The summed E-state index contributed by atoms with van der Waals surface area (Å²) in [5.74, 6) is 1.20. The molecule has 2 N–H and O–H groups in total. The topological polar surface area (TPSA) is 69.6 Å². The van der Waals surface area contributed by atoms with Gasteiger partial charge in [0.15, 0.2) is 0 Å². The Morgan fingerprint density at radius 1 is 1.08 bits per heavy atom. The summed E-state index contributed by atoms with van der Waals surface area (Å²) in [5, 5.41) is 12.3. The molecule has 1 unspecified atom stereocenters. The van der Waals surface area contributed by atoms with Crippen molar-refractivity contribution in [2.24, 2.45) is 5.92 Å². The van der Waals surface area contributed by atoms with Gasteiger partial charge in [0.05, 0.1) is 5.92 Å². The van der Waals surface area contributed by atoms with Gasteiger partial charge in [-0.05, 0) is 31.2 Å². The molecule has 0 spiro atoms. The fourth-order valence-corrected chi connectivity index (χ4v) is 4.70. The van der Waals surface area contributed by atoms with Crippen molar-refractivity contribution in [3.05, 3.63) is 35.9 Å². The van der Waals surface area contributed by atoms with E-state index in [0.29, 0.717) is 12.8 Å². The molecule has 0 bridgehead atoms. The Balaban J connectivity index is 1.66. The van der Waals surface area contributed by atoms with Crippen LogP contribution in [0.4, 0.5) is 0 Å². The minimum atomic E-state index is -0.710. The Morgan fingerprint density at radius 3 is 2.32 bits per heavy atom. The van der Waals surface area contributed by atoms with E-state index < -0.39 is 5.97 Å². The van der Waals surface area contributed by atoms with Gasteiger partial charge < -0.3 is 10.4 Å². The molecule has 1 saturated carbocycles. The van der Waals surface area contributed by atoms with Gasteiger partial charge in [0, 0.05) is 30.6 Å². The Morgan fingerprint density at radius 2 is 1.72 bits per heavy atom. The van der Waals surface area contributed by atoms with Crippen LogP contribution in [0.2, 0.25) is 0 Å². The molecule has 1 aromatic rings. The van der Waals surface area contributed by atoms with E-state index in [2.05, 4.69) is 10.2 Å². The fourth-order valence-electron chi connectivity index (χ4n) is 3.76. The largest absolute Gasteiger partial charge is 0.481 e. The highest BCUT2D eigenvalue weighted by Gasteiger charge is 2.32. The smallest absolute Gasteiger partial charge is 0.306 e. The molecule has 6 heteroatoms. The molecule has 0 aromatic heterocycles. The lowest BCUT2D eigenvalue weighted by molar-refractivity contribution is -0.142. The summed E-state index contributed by atoms with van der Waals surface area (Å²) in [5.41, 5.74) is 1.03. The number of carbonyl (C=O) groups is 2. The number of carboxylic acid groups (broad SMARTS) is 1. The van der Waals surface area contributed by atoms with Gasteiger partial charge in [-0.2, -0.15) is 11.8 Å². The predicted molar refractivity (Wildman–Crippen MR) is 99.6 cm³/mol. The Bertz CT molecular complexity index is 582. The maximum absolute atomic E-state index is 13.1. The minimum Gasteiger partial charge on any atom is -0.481 e. The number of carboxylic acids is 1. The van der Waals surface area contributed by atoms with Crippen LogP contribution in [-0.2, 0) is 9.59 Å². The van der Waals surface area contributed by atoms with E-state index >= 15 is 0 Å². The van der Waals surface area contributed by atoms with Crippen molar-refractivity contribution in [3.63, 3.8) is 0 Å². The van der Waals surface area contributed by atoms with E-state index in [9.17, 15) is 9.59 Å². The molecule has 1 aliphatic heterocycles. The molecule has 1 atom stereocenters. The van der Waals surface area contributed by atoms with Crippen LogP contribution in [0.25, 0.3) is 0 Å². The number of hydrogen-bond donors (Lipinski definition) is 2. The van der Waals surface area contributed by atoms with Crippen molar-refractivity contribution in [1.82, 2.24) is 10.2 Å². The molecule has 25 heavy (non-hydrogen) atoms. The second-order valence-electron chi connectivity index (χ2n) is 6.86. The third-order valence-corrected chi connectivity index (χ3v) is 6.14. The fraction of sp³-hybridized carbons (Fsp3) is 0.579. The van der Waals surface area contributed by atoms with Crippen molar-refractivity contribution < 1.29 is 14.7 Å². The first-order chi connectivity index (χ1) is 12.1. The van der Waals surface area contributed by atoms with Gasteiger partial charge in [-0.15, -0.1) is 0 Å². The van der Waals surface area contributed by atoms with E-state index in [1.165, 1.54) is 0 Å². The zero-order valence-corrected chi connectivity index (χ0v) is 15.2. The average Bonchev–Trinajstić information content (AvgIpc) is 2.64. The van der Waals surface area contributed by atoms with Gasteiger partial charge in [0.2, 0.25) is 5.91 Å². The summed E-state index contributed by atoms with van der Waals surface area (Å²) in [6.45, 7) is 1.84. The highest BCUT2D eigenvalue weighted by molar-refractivity contribution is 7.99. The number of hydrogen-bond acceptors (Lipinski definition) is 4. The van der Waals surface area contributed by atoms with Gasteiger partial charge in [0.1, 0.15) is 6.04 Å². The van der Waals surface area contributed by atoms with Crippen LogP contribution in [0, 0.1) is 5.92 Å². The normalized spacial score (nSPS) is 25.9. The van der Waals surface area contributed by atoms with Crippen molar-refractivity contribution in [2.75, 3.05) is 24.6 Å². The number of thioether (sulfide) groups is 1. The Hall–Kier alpha value is -1.53. The zero-order chi connectivity index (χ0) is 17.6. The maximum Gasteiger partial charge on any atom is 0.306 e. The van der Waals surface area contributed by atoms with Gasteiger partial charge >= 0.3 is 5.97 Å². The maximum atomic E-state index is 13.1. The summed E-state index contributed by atoms with van der Waals surface area (Å²) >= 11 is 1.93. The second-order valence-corrected chi connectivity index (χ2v) is 8.08. The monoisotopic (exact) mass is 362 g/mol. The van der Waals surface area contributed by atoms with Crippen molar-refractivity contribution >= 4 is 23.6 Å². The summed E-state index contributed by atoms with van der Waals surface area (Å²) in [6.07, 6.45) is 2.80. The van der Waals surface area contributed by atoms with Crippen LogP contribution in [0.3, 0.4) is 0 Å². The van der Waals surface area contributed by atoms with Gasteiger partial charge in [-0.1, -0.05) is 30.3 Å². The molecule has 136 valence electrons. The zero-order valence-electron chi connectivity index (χ0n) is 14.4. The summed E-state index contributed by atoms with van der Waals surface area (Å²) in [7, 11) is 0. The van der Waals surface area contributed by atoms with Gasteiger partial charge in [-0.25, -0.2) is 0 Å². The number of amides is 1. The van der Waals surface area contributed by atoms with Crippen molar-refractivity contribution in [3.8, 4) is 0 Å². The number of nitrogens with one attached hydrogen (secondary N) is 1. The molecule has 3 rings (SSSR count). The van der Waals surface area contributed by atoms with E-state index in [1.54, 1.807) is 0 Å². The lowest BCUT2D eigenvalue weighted by Gasteiger charge is -2.35. The lowest BCUT2D eigenvalue weighted by atomic mass is 9.86. The SMILES string of the molecule is O=C(O)C1CCC(NC(=O)C(c2ccccc2)N2CCSCC2)CC1. The molecule has 2 fully saturated rings. The summed E-state index contributed by atoms with van der Waals surface area (Å²) in [6, 6.07) is 9.81. The number of carbonyl (C=O) groups excluding carboxylic acids is 1. The highest BCUT2D eigenvalue weighted by Crippen LogP contribution is 2.27. The minimum absolute atomic E-state index is 0.0527. The molecular formula is C19H26N2O3S. The predicted octanol–water partition coefficient (Wildman–Crippen LogP) is 2.54. The Labute approximate surface area is 153 Å². The van der Waals surface area contributed by atoms with E-state index in [1.807, 2.05) is 42.1 Å². The first kappa shape index (κ1) is 18.3. The number of rotatable bonds is 5. The average molecular weight is 362 g/mol. The van der Waals surface area contributed by atoms with Crippen molar-refractivity contribution in [1.29, 1.82) is 0 Å². The first-order valence-electron chi connectivity index (χ1n) is 9.05. The standard InChI is InChI=1S/C19H26N2O3S/c22-18(20-16-8-6-15(7-9-16)19(23)24)17(14-4-2-1-3-5-14)21-10-12-25-13-11-21/h1-5,15-17H,6-13H2,(H,20,22)(H,23,24). The molecule has 1 heterocycles. The molecule has 1 aromatic carbocycles. The summed E-state index contributed by atoms with van der Waals surface area (Å²) < 4.78 is 0. The molecule has 1 aliphatic carbocycles. The van der Waals surface area contributed by atoms with Crippen molar-refractivity contribution in [2.45, 2.75) is 37.8 Å². The van der Waals surface area contributed by atoms with Crippen LogP contribution in [0.5, 0.6) is 0 Å². The van der Waals surface area contributed by atoms with Crippen LogP contribution in [0.15, 0.2) is 30.3 Å². The Kier molecular flexibility index (Phi) is 6.37. The second kappa shape index (κ2) is 8.72. The third-order valence-electron chi connectivity index (χ3n) is 5.20. The van der Waals surface area contributed by atoms with Gasteiger partial charge in [0.25, 0.3) is 0 Å². The molecule has 1 amide bonds. The first-order valence-corrected chi connectivity index (χ1v) is 10.2. The van der Waals surface area contributed by atoms with Gasteiger partial charge in [-0.3, -0.25) is 14.5 Å². The molecule has 0 radical (unpaired) electrons. The molecule has 5 nitrogen and oxygen atoms in total. The molecule has 2 aliphatic rings. The van der Waals surface area contributed by atoms with Crippen LogP contribution in [0.1, 0.15) is 37.3 Å². The lowest BCUT2D eigenvalue weighted by Crippen LogP contribution is -2.47. The number of nitrogens with zero attached hydrogens (tertiary/aromatic N) is 1. The van der Waals surface area contributed by atoms with E-state index in [4.69, 9.17) is 5.11 Å². The highest BCUT2D eigenvalue weighted by atomic mass is 32.2. The van der Waals surface area contributed by atoms with Crippen LogP contribution < -0.4 is 5.32 Å². The molecule has 1 saturated heterocycles. The van der Waals surface area contributed by atoms with Crippen LogP contribution in [-0.4, -0.2) is 52.5 Å². The number of benzene rings is 1. The number of aliphatic carboxylic acids is 1. The molecular weight excluding hydrogens is 336 g/mol. The quantitative estimate of drug-likeness (QED) is 0.842. The van der Waals surface area contributed by atoms with Crippen LogP contribution >= 0.6 is 11.8 Å². The van der Waals surface area contributed by atoms with E-state index in [-0.39, 0.29) is 23.9 Å².